The molecule has 0 aromatic carbocycles. The summed E-state index contributed by atoms with van der Waals surface area (Å²) in [6, 6.07) is 1.96. The lowest BCUT2D eigenvalue weighted by atomic mass is 10.2. The molecular weight excluding hydrogens is 226 g/mol. The third-order valence-electron chi connectivity index (χ3n) is 2.70. The highest BCUT2D eigenvalue weighted by Crippen LogP contribution is 2.07. The molecule has 96 valence electrons. The van der Waals surface area contributed by atoms with E-state index in [4.69, 9.17) is 0 Å². The van der Waals surface area contributed by atoms with E-state index in [1.54, 1.807) is 4.68 Å². The Morgan fingerprint density at radius 2 is 1.94 bits per heavy atom. The standard InChI is InChI=1S/C13H19N5/c1-10-7-11(2)17-13(16-10)18-9-12(8-15-18)5-4-6-14-3/h7-9,14H,4-6H2,1-3H3. The fourth-order valence-electron chi connectivity index (χ4n) is 1.88. The molecule has 0 bridgehead atoms. The maximum absolute atomic E-state index is 4.39. The Morgan fingerprint density at radius 3 is 2.61 bits per heavy atom. The van der Waals surface area contributed by atoms with Gasteiger partial charge in [0.05, 0.1) is 6.20 Å². The second-order valence-electron chi connectivity index (χ2n) is 4.45. The molecule has 0 aliphatic rings. The second-order valence-corrected chi connectivity index (χ2v) is 4.45. The van der Waals surface area contributed by atoms with Gasteiger partial charge in [-0.3, -0.25) is 0 Å². The van der Waals surface area contributed by atoms with Crippen LogP contribution in [-0.4, -0.2) is 33.3 Å². The fourth-order valence-corrected chi connectivity index (χ4v) is 1.88. The van der Waals surface area contributed by atoms with Crippen LogP contribution in [0.5, 0.6) is 0 Å². The highest BCUT2D eigenvalue weighted by atomic mass is 15.3. The third kappa shape index (κ3) is 3.13. The Hall–Kier alpha value is -1.75. The highest BCUT2D eigenvalue weighted by Gasteiger charge is 2.04. The van der Waals surface area contributed by atoms with Gasteiger partial charge in [0.25, 0.3) is 5.95 Å². The van der Waals surface area contributed by atoms with E-state index < -0.39 is 0 Å². The summed E-state index contributed by atoms with van der Waals surface area (Å²) in [5, 5.41) is 7.46. The number of rotatable bonds is 5. The summed E-state index contributed by atoms with van der Waals surface area (Å²) in [5.41, 5.74) is 3.14. The summed E-state index contributed by atoms with van der Waals surface area (Å²) in [4.78, 5) is 8.78. The minimum atomic E-state index is 0.646. The first kappa shape index (κ1) is 12.7. The van der Waals surface area contributed by atoms with Crippen LogP contribution in [0.2, 0.25) is 0 Å². The van der Waals surface area contributed by atoms with Crippen molar-refractivity contribution in [3.8, 4) is 5.95 Å². The van der Waals surface area contributed by atoms with Crippen molar-refractivity contribution in [2.45, 2.75) is 26.7 Å². The molecule has 5 nitrogen and oxygen atoms in total. The molecular formula is C13H19N5. The van der Waals surface area contributed by atoms with Crippen LogP contribution in [0.25, 0.3) is 5.95 Å². The van der Waals surface area contributed by atoms with Gasteiger partial charge in [-0.1, -0.05) is 0 Å². The van der Waals surface area contributed by atoms with Gasteiger partial charge in [0.1, 0.15) is 0 Å². The molecule has 0 saturated heterocycles. The van der Waals surface area contributed by atoms with Crippen molar-refractivity contribution in [3.63, 3.8) is 0 Å². The molecule has 2 heterocycles. The summed E-state index contributed by atoms with van der Waals surface area (Å²) in [7, 11) is 1.97. The van der Waals surface area contributed by atoms with Gasteiger partial charge in [-0.25, -0.2) is 14.6 Å². The summed E-state index contributed by atoms with van der Waals surface area (Å²) >= 11 is 0. The molecule has 2 aromatic heterocycles. The smallest absolute Gasteiger partial charge is 0.250 e. The van der Waals surface area contributed by atoms with Crippen LogP contribution < -0.4 is 5.32 Å². The lowest BCUT2D eigenvalue weighted by Crippen LogP contribution is -2.08. The molecule has 0 fully saturated rings. The topological polar surface area (TPSA) is 55.6 Å². The van der Waals surface area contributed by atoms with E-state index in [2.05, 4.69) is 20.4 Å². The molecule has 18 heavy (non-hydrogen) atoms. The highest BCUT2D eigenvalue weighted by molar-refractivity contribution is 5.19. The summed E-state index contributed by atoms with van der Waals surface area (Å²) < 4.78 is 1.74. The zero-order valence-electron chi connectivity index (χ0n) is 11.1. The average Bonchev–Trinajstić information content (AvgIpc) is 2.77. The van der Waals surface area contributed by atoms with Crippen molar-refractivity contribution < 1.29 is 0 Å². The Balaban J connectivity index is 2.13. The van der Waals surface area contributed by atoms with Gasteiger partial charge in [0.2, 0.25) is 0 Å². The first-order valence-electron chi connectivity index (χ1n) is 6.20. The van der Waals surface area contributed by atoms with Crippen molar-refractivity contribution in [2.24, 2.45) is 0 Å². The van der Waals surface area contributed by atoms with Crippen LogP contribution in [0.4, 0.5) is 0 Å². The molecule has 5 heteroatoms. The lowest BCUT2D eigenvalue weighted by molar-refractivity contribution is 0.724. The van der Waals surface area contributed by atoms with Crippen molar-refractivity contribution in [1.82, 2.24) is 25.1 Å². The predicted molar refractivity (Wildman–Crippen MR) is 70.9 cm³/mol. The second kappa shape index (κ2) is 5.73. The van der Waals surface area contributed by atoms with E-state index in [1.165, 1.54) is 5.56 Å². The van der Waals surface area contributed by atoms with E-state index >= 15 is 0 Å². The zero-order chi connectivity index (χ0) is 13.0. The number of hydrogen-bond donors (Lipinski definition) is 1. The van der Waals surface area contributed by atoms with Crippen LogP contribution in [-0.2, 0) is 6.42 Å². The van der Waals surface area contributed by atoms with Crippen LogP contribution in [0.3, 0.4) is 0 Å². The maximum atomic E-state index is 4.39. The van der Waals surface area contributed by atoms with E-state index in [0.29, 0.717) is 5.95 Å². The molecule has 0 aliphatic heterocycles. The number of aryl methyl sites for hydroxylation is 3. The van der Waals surface area contributed by atoms with Gasteiger partial charge >= 0.3 is 0 Å². The molecule has 0 spiro atoms. The van der Waals surface area contributed by atoms with Gasteiger partial charge in [-0.2, -0.15) is 5.10 Å². The molecule has 2 aromatic rings. The summed E-state index contributed by atoms with van der Waals surface area (Å²) in [6.45, 7) is 4.95. The number of aromatic nitrogens is 4. The maximum Gasteiger partial charge on any atom is 0.250 e. The predicted octanol–water partition coefficient (Wildman–Crippen LogP) is 1.43. The van der Waals surface area contributed by atoms with Crippen molar-refractivity contribution in [3.05, 3.63) is 35.4 Å². The molecule has 0 saturated carbocycles. The zero-order valence-corrected chi connectivity index (χ0v) is 11.1. The van der Waals surface area contributed by atoms with E-state index in [-0.39, 0.29) is 0 Å². The van der Waals surface area contributed by atoms with Gasteiger partial charge in [-0.15, -0.1) is 0 Å². The molecule has 0 radical (unpaired) electrons. The van der Waals surface area contributed by atoms with Crippen LogP contribution >= 0.6 is 0 Å². The largest absolute Gasteiger partial charge is 0.320 e. The van der Waals surface area contributed by atoms with Gasteiger partial charge in [0, 0.05) is 17.6 Å². The van der Waals surface area contributed by atoms with E-state index in [1.807, 2.05) is 39.4 Å². The van der Waals surface area contributed by atoms with Gasteiger partial charge in [-0.05, 0) is 51.9 Å². The normalized spacial score (nSPS) is 10.8. The summed E-state index contributed by atoms with van der Waals surface area (Å²) in [6.07, 6.45) is 6.02. The first-order chi connectivity index (χ1) is 8.69. The van der Waals surface area contributed by atoms with E-state index in [0.717, 1.165) is 30.8 Å². The van der Waals surface area contributed by atoms with Crippen molar-refractivity contribution in [1.29, 1.82) is 0 Å². The van der Waals surface area contributed by atoms with Crippen LogP contribution in [0, 0.1) is 13.8 Å². The lowest BCUT2D eigenvalue weighted by Gasteiger charge is -2.02. The first-order valence-corrected chi connectivity index (χ1v) is 6.20. The Labute approximate surface area is 107 Å². The molecule has 0 amide bonds. The molecule has 2 rings (SSSR count). The number of hydrogen-bond acceptors (Lipinski definition) is 4. The number of nitrogens with one attached hydrogen (secondary N) is 1. The SMILES string of the molecule is CNCCCc1cnn(-c2nc(C)cc(C)n2)c1. The van der Waals surface area contributed by atoms with Gasteiger partial charge < -0.3 is 5.32 Å². The number of nitrogens with zero attached hydrogens (tertiary/aromatic N) is 4. The van der Waals surface area contributed by atoms with Crippen molar-refractivity contribution >= 4 is 0 Å². The minimum absolute atomic E-state index is 0.646. The van der Waals surface area contributed by atoms with Crippen molar-refractivity contribution in [2.75, 3.05) is 13.6 Å². The molecule has 0 atom stereocenters. The van der Waals surface area contributed by atoms with Crippen LogP contribution in [0.15, 0.2) is 18.5 Å². The Bertz CT molecular complexity index is 498. The monoisotopic (exact) mass is 245 g/mol. The fraction of sp³-hybridized carbons (Fsp3) is 0.462. The molecule has 0 aliphatic carbocycles. The summed E-state index contributed by atoms with van der Waals surface area (Å²) in [5.74, 6) is 0.646. The van der Waals surface area contributed by atoms with Gasteiger partial charge in [0.15, 0.2) is 0 Å². The minimum Gasteiger partial charge on any atom is -0.320 e. The quantitative estimate of drug-likeness (QED) is 0.810. The van der Waals surface area contributed by atoms with E-state index in [9.17, 15) is 0 Å². The molecule has 1 N–H and O–H groups in total. The Kier molecular flexibility index (Phi) is 4.04. The van der Waals surface area contributed by atoms with Crippen LogP contribution in [0.1, 0.15) is 23.4 Å². The Morgan fingerprint density at radius 1 is 1.22 bits per heavy atom. The average molecular weight is 245 g/mol. The molecule has 0 unspecified atom stereocenters. The third-order valence-corrected chi connectivity index (χ3v) is 2.70.